The molecule has 1 atom stereocenters. The minimum atomic E-state index is -1.06. The summed E-state index contributed by atoms with van der Waals surface area (Å²) in [4.78, 5) is 23.1. The van der Waals surface area contributed by atoms with E-state index in [2.05, 4.69) is 10.6 Å². The molecule has 1 aliphatic heterocycles. The van der Waals surface area contributed by atoms with E-state index in [1.165, 1.54) is 19.2 Å². The van der Waals surface area contributed by atoms with Gasteiger partial charge in [0.2, 0.25) is 5.91 Å². The van der Waals surface area contributed by atoms with Crippen LogP contribution in [0.15, 0.2) is 18.2 Å². The summed E-state index contributed by atoms with van der Waals surface area (Å²) in [5.74, 6) is -0.926. The predicted molar refractivity (Wildman–Crippen MR) is 74.2 cm³/mol. The first-order valence-corrected chi connectivity index (χ1v) is 6.54. The highest BCUT2D eigenvalue weighted by molar-refractivity contribution is 5.95. The Morgan fingerprint density at radius 2 is 2.25 bits per heavy atom. The van der Waals surface area contributed by atoms with E-state index in [9.17, 15) is 9.59 Å². The van der Waals surface area contributed by atoms with Gasteiger partial charge in [0.1, 0.15) is 11.3 Å². The number of carbonyl (C=O) groups is 2. The molecule has 20 heavy (non-hydrogen) atoms. The summed E-state index contributed by atoms with van der Waals surface area (Å²) in [7, 11) is 1.40. The van der Waals surface area contributed by atoms with Gasteiger partial charge in [-0.2, -0.15) is 0 Å². The fourth-order valence-corrected chi connectivity index (χ4v) is 2.27. The number of hydrogen-bond donors (Lipinski definition) is 3. The Kier molecular flexibility index (Phi) is 4.57. The van der Waals surface area contributed by atoms with E-state index in [4.69, 9.17) is 9.84 Å². The number of benzene rings is 1. The zero-order valence-corrected chi connectivity index (χ0v) is 11.3. The van der Waals surface area contributed by atoms with Gasteiger partial charge in [-0.15, -0.1) is 0 Å². The van der Waals surface area contributed by atoms with Gasteiger partial charge in [-0.1, -0.05) is 0 Å². The minimum absolute atomic E-state index is 0.0473. The van der Waals surface area contributed by atoms with Gasteiger partial charge in [-0.05, 0) is 31.5 Å². The quantitative estimate of drug-likeness (QED) is 0.773. The summed E-state index contributed by atoms with van der Waals surface area (Å²) in [5, 5.41) is 15.0. The lowest BCUT2D eigenvalue weighted by Crippen LogP contribution is -2.37. The number of hydrogen-bond acceptors (Lipinski definition) is 4. The zero-order valence-electron chi connectivity index (χ0n) is 11.3. The average molecular weight is 278 g/mol. The lowest BCUT2D eigenvalue weighted by molar-refractivity contribution is -0.120. The maximum Gasteiger partial charge on any atom is 0.339 e. The second-order valence-electron chi connectivity index (χ2n) is 4.75. The largest absolute Gasteiger partial charge is 0.496 e. The number of amides is 1. The Morgan fingerprint density at radius 1 is 1.45 bits per heavy atom. The number of carboxylic acid groups (broad SMARTS) is 1. The van der Waals surface area contributed by atoms with Crippen molar-refractivity contribution in [1.29, 1.82) is 0 Å². The number of nitrogens with one attached hydrogen (secondary N) is 2. The molecule has 6 heteroatoms. The molecule has 1 aromatic carbocycles. The van der Waals surface area contributed by atoms with Gasteiger partial charge in [0.05, 0.1) is 13.0 Å². The summed E-state index contributed by atoms with van der Waals surface area (Å²) in [6.07, 6.45) is 1.85. The summed E-state index contributed by atoms with van der Waals surface area (Å²) in [6, 6.07) is 4.52. The topological polar surface area (TPSA) is 87.7 Å². The Balaban J connectivity index is 2.09. The summed E-state index contributed by atoms with van der Waals surface area (Å²) in [6.45, 7) is 1.63. The molecule has 3 N–H and O–H groups in total. The molecule has 1 amide bonds. The highest BCUT2D eigenvalue weighted by Crippen LogP contribution is 2.24. The number of anilines is 1. The first-order valence-electron chi connectivity index (χ1n) is 6.54. The molecule has 1 unspecified atom stereocenters. The summed E-state index contributed by atoms with van der Waals surface area (Å²) >= 11 is 0. The number of carbonyl (C=O) groups excluding carboxylic acids is 1. The van der Waals surface area contributed by atoms with Crippen LogP contribution < -0.4 is 15.4 Å². The lowest BCUT2D eigenvalue weighted by atomic mass is 9.99. The molecular formula is C14H18N2O4. The van der Waals surface area contributed by atoms with Gasteiger partial charge in [-0.3, -0.25) is 4.79 Å². The minimum Gasteiger partial charge on any atom is -0.496 e. The molecule has 0 spiro atoms. The third-order valence-electron chi connectivity index (χ3n) is 3.37. The van der Waals surface area contributed by atoms with E-state index in [0.717, 1.165) is 19.4 Å². The van der Waals surface area contributed by atoms with Crippen LogP contribution in [-0.4, -0.2) is 37.2 Å². The van der Waals surface area contributed by atoms with E-state index in [1.54, 1.807) is 6.07 Å². The van der Waals surface area contributed by atoms with Gasteiger partial charge in [-0.25, -0.2) is 4.79 Å². The molecule has 0 saturated carbocycles. The molecule has 2 rings (SSSR count). The zero-order chi connectivity index (χ0) is 14.5. The van der Waals surface area contributed by atoms with Crippen LogP contribution >= 0.6 is 0 Å². The highest BCUT2D eigenvalue weighted by Gasteiger charge is 2.21. The van der Waals surface area contributed by atoms with Gasteiger partial charge in [0.25, 0.3) is 0 Å². The number of rotatable bonds is 4. The third-order valence-corrected chi connectivity index (χ3v) is 3.37. The molecule has 0 radical (unpaired) electrons. The van der Waals surface area contributed by atoms with E-state index in [0.29, 0.717) is 12.2 Å². The van der Waals surface area contributed by atoms with Crippen molar-refractivity contribution in [2.75, 3.05) is 25.5 Å². The number of aromatic carboxylic acids is 1. The van der Waals surface area contributed by atoms with Gasteiger partial charge < -0.3 is 20.5 Å². The van der Waals surface area contributed by atoms with Crippen LogP contribution in [0.3, 0.4) is 0 Å². The molecule has 0 aliphatic carbocycles. The monoisotopic (exact) mass is 278 g/mol. The molecule has 0 bridgehead atoms. The van der Waals surface area contributed by atoms with Crippen molar-refractivity contribution in [2.24, 2.45) is 5.92 Å². The van der Waals surface area contributed by atoms with Crippen molar-refractivity contribution in [3.8, 4) is 5.75 Å². The fraction of sp³-hybridized carbons (Fsp3) is 0.429. The van der Waals surface area contributed by atoms with Crippen LogP contribution in [0.2, 0.25) is 0 Å². The third kappa shape index (κ3) is 3.27. The molecule has 1 heterocycles. The Labute approximate surface area is 117 Å². The van der Waals surface area contributed by atoms with Crippen LogP contribution in [0, 0.1) is 5.92 Å². The normalized spacial score (nSPS) is 18.4. The number of methoxy groups -OCH3 is 1. The van der Waals surface area contributed by atoms with Crippen molar-refractivity contribution in [1.82, 2.24) is 5.32 Å². The molecular weight excluding hydrogens is 260 g/mol. The molecule has 6 nitrogen and oxygen atoms in total. The predicted octanol–water partition coefficient (Wildman–Crippen LogP) is 1.33. The van der Waals surface area contributed by atoms with Crippen LogP contribution in [0.25, 0.3) is 0 Å². The molecule has 1 fully saturated rings. The molecule has 0 aromatic heterocycles. The van der Waals surface area contributed by atoms with Crippen LogP contribution in [0.4, 0.5) is 5.69 Å². The smallest absolute Gasteiger partial charge is 0.339 e. The van der Waals surface area contributed by atoms with E-state index >= 15 is 0 Å². The van der Waals surface area contributed by atoms with Crippen LogP contribution in [-0.2, 0) is 4.79 Å². The SMILES string of the molecule is COc1cc(NC(=O)C2CCCNC2)ccc1C(=O)O. The Bertz CT molecular complexity index is 510. The van der Waals surface area contributed by atoms with Gasteiger partial charge in [0.15, 0.2) is 0 Å². The van der Waals surface area contributed by atoms with Crippen molar-refractivity contribution < 1.29 is 19.4 Å². The average Bonchev–Trinajstić information content (AvgIpc) is 2.47. The maximum absolute atomic E-state index is 12.1. The standard InChI is InChI=1S/C14H18N2O4/c1-20-12-7-10(4-5-11(12)14(18)19)16-13(17)9-3-2-6-15-8-9/h4-5,7,9,15H,2-3,6,8H2,1H3,(H,16,17)(H,18,19). The maximum atomic E-state index is 12.1. The first-order chi connectivity index (χ1) is 9.61. The molecule has 1 saturated heterocycles. The lowest BCUT2D eigenvalue weighted by Gasteiger charge is -2.22. The first kappa shape index (κ1) is 14.3. The number of ether oxygens (including phenoxy) is 1. The van der Waals surface area contributed by atoms with Gasteiger partial charge in [0, 0.05) is 18.3 Å². The fourth-order valence-electron chi connectivity index (χ4n) is 2.27. The summed E-state index contributed by atoms with van der Waals surface area (Å²) in [5.41, 5.74) is 0.618. The van der Waals surface area contributed by atoms with Crippen molar-refractivity contribution >= 4 is 17.6 Å². The van der Waals surface area contributed by atoms with E-state index < -0.39 is 5.97 Å². The highest BCUT2D eigenvalue weighted by atomic mass is 16.5. The molecule has 1 aromatic rings. The second kappa shape index (κ2) is 6.38. The van der Waals surface area contributed by atoms with E-state index in [-0.39, 0.29) is 23.1 Å². The van der Waals surface area contributed by atoms with Crippen molar-refractivity contribution in [3.63, 3.8) is 0 Å². The van der Waals surface area contributed by atoms with Crippen molar-refractivity contribution in [3.05, 3.63) is 23.8 Å². The Hall–Kier alpha value is -2.08. The second-order valence-corrected chi connectivity index (χ2v) is 4.75. The Morgan fingerprint density at radius 3 is 2.85 bits per heavy atom. The molecule has 1 aliphatic rings. The van der Waals surface area contributed by atoms with E-state index in [1.807, 2.05) is 0 Å². The van der Waals surface area contributed by atoms with Crippen molar-refractivity contribution in [2.45, 2.75) is 12.8 Å². The number of carboxylic acids is 1. The summed E-state index contributed by atoms with van der Waals surface area (Å²) < 4.78 is 5.03. The number of piperidine rings is 1. The van der Waals surface area contributed by atoms with Crippen LogP contribution in [0.5, 0.6) is 5.75 Å². The van der Waals surface area contributed by atoms with Crippen LogP contribution in [0.1, 0.15) is 23.2 Å². The molecule has 108 valence electrons. The van der Waals surface area contributed by atoms with Gasteiger partial charge >= 0.3 is 5.97 Å².